The Bertz CT molecular complexity index is 1020. The number of piperazine rings is 1. The van der Waals surface area contributed by atoms with E-state index in [2.05, 4.69) is 9.88 Å². The fourth-order valence-electron chi connectivity index (χ4n) is 4.15. The molecule has 0 atom stereocenters. The number of amides is 1. The van der Waals surface area contributed by atoms with Gasteiger partial charge in [0.1, 0.15) is 5.82 Å². The van der Waals surface area contributed by atoms with Crippen molar-refractivity contribution in [3.8, 4) is 0 Å². The molecule has 7 nitrogen and oxygen atoms in total. The quantitative estimate of drug-likeness (QED) is 0.650. The van der Waals surface area contributed by atoms with Gasteiger partial charge in [0.05, 0.1) is 4.90 Å². The second-order valence-corrected chi connectivity index (χ2v) is 10.2. The second-order valence-electron chi connectivity index (χ2n) is 8.22. The van der Waals surface area contributed by atoms with Gasteiger partial charge in [-0.3, -0.25) is 4.79 Å². The Hall–Kier alpha value is -2.71. The molecule has 2 aliphatic rings. The molecule has 0 aliphatic carbocycles. The van der Waals surface area contributed by atoms with Crippen LogP contribution in [-0.2, 0) is 14.8 Å². The Morgan fingerprint density at radius 3 is 2.16 bits per heavy atom. The van der Waals surface area contributed by atoms with E-state index in [9.17, 15) is 13.2 Å². The first kappa shape index (κ1) is 22.5. The van der Waals surface area contributed by atoms with Crippen molar-refractivity contribution in [2.75, 3.05) is 44.2 Å². The number of sulfonamides is 1. The largest absolute Gasteiger partial charge is 0.353 e. The number of benzene rings is 1. The molecule has 4 rings (SSSR count). The van der Waals surface area contributed by atoms with E-state index in [1.54, 1.807) is 46.9 Å². The molecule has 2 aliphatic heterocycles. The van der Waals surface area contributed by atoms with Gasteiger partial charge in [0, 0.05) is 51.5 Å². The number of hydrogen-bond acceptors (Lipinski definition) is 5. The average Bonchev–Trinajstić information content (AvgIpc) is 3.14. The van der Waals surface area contributed by atoms with E-state index in [0.717, 1.165) is 50.2 Å². The summed E-state index contributed by atoms with van der Waals surface area (Å²) < 4.78 is 27.4. The number of nitrogens with zero attached hydrogens (tertiary/aromatic N) is 4. The summed E-state index contributed by atoms with van der Waals surface area (Å²) >= 11 is 0. The number of anilines is 1. The summed E-state index contributed by atoms with van der Waals surface area (Å²) in [4.78, 5) is 21.3. The lowest BCUT2D eigenvalue weighted by molar-refractivity contribution is -0.126. The van der Waals surface area contributed by atoms with Crippen molar-refractivity contribution >= 4 is 27.8 Å². The molecule has 0 bridgehead atoms. The second kappa shape index (κ2) is 10.3. The van der Waals surface area contributed by atoms with Gasteiger partial charge in [-0.1, -0.05) is 31.0 Å². The van der Waals surface area contributed by atoms with Crippen molar-refractivity contribution in [3.63, 3.8) is 0 Å². The van der Waals surface area contributed by atoms with Crippen LogP contribution in [0.4, 0.5) is 5.82 Å². The summed E-state index contributed by atoms with van der Waals surface area (Å²) in [5, 5.41) is 0. The van der Waals surface area contributed by atoms with Crippen molar-refractivity contribution in [2.24, 2.45) is 0 Å². The molecule has 0 radical (unpaired) electrons. The van der Waals surface area contributed by atoms with E-state index in [1.807, 2.05) is 23.1 Å². The standard InChI is InChI=1S/C24H30N4O3S/c29-24(27-19-17-26(18-20-27)23-7-3-4-14-25-23)13-10-21-8-11-22(12-9-21)32(30,31)28-15-5-1-2-6-16-28/h3-4,7-14H,1-2,5-6,15-20H2/b13-10+. The molecule has 0 spiro atoms. The summed E-state index contributed by atoms with van der Waals surface area (Å²) in [6, 6.07) is 12.6. The summed E-state index contributed by atoms with van der Waals surface area (Å²) in [6.07, 6.45) is 9.09. The first-order valence-corrected chi connectivity index (χ1v) is 12.7. The van der Waals surface area contributed by atoms with E-state index in [1.165, 1.54) is 0 Å². The monoisotopic (exact) mass is 454 g/mol. The maximum absolute atomic E-state index is 12.9. The highest BCUT2D eigenvalue weighted by atomic mass is 32.2. The molecule has 8 heteroatoms. The molecule has 2 aromatic rings. The number of hydrogen-bond donors (Lipinski definition) is 0. The van der Waals surface area contributed by atoms with Crippen LogP contribution in [0.5, 0.6) is 0 Å². The molecule has 3 heterocycles. The maximum Gasteiger partial charge on any atom is 0.246 e. The van der Waals surface area contributed by atoms with E-state index in [0.29, 0.717) is 31.1 Å². The van der Waals surface area contributed by atoms with E-state index in [4.69, 9.17) is 0 Å². The van der Waals surface area contributed by atoms with E-state index < -0.39 is 10.0 Å². The zero-order valence-corrected chi connectivity index (χ0v) is 19.1. The topological polar surface area (TPSA) is 73.8 Å². The van der Waals surface area contributed by atoms with Crippen LogP contribution in [0.3, 0.4) is 0 Å². The normalized spacial score (nSPS) is 18.6. The molecular formula is C24H30N4O3S. The molecule has 0 unspecified atom stereocenters. The first-order valence-electron chi connectivity index (χ1n) is 11.3. The lowest BCUT2D eigenvalue weighted by atomic mass is 10.2. The maximum atomic E-state index is 12.9. The van der Waals surface area contributed by atoms with E-state index in [-0.39, 0.29) is 5.91 Å². The molecule has 170 valence electrons. The summed E-state index contributed by atoms with van der Waals surface area (Å²) in [5.41, 5.74) is 0.806. The third kappa shape index (κ3) is 5.37. The SMILES string of the molecule is O=C(/C=C/c1ccc(S(=O)(=O)N2CCCCCC2)cc1)N1CCN(c2ccccn2)CC1. The number of aromatic nitrogens is 1. The van der Waals surface area contributed by atoms with Crippen LogP contribution in [-0.4, -0.2) is 67.8 Å². The summed E-state index contributed by atoms with van der Waals surface area (Å²) in [7, 11) is -3.45. The molecule has 1 aromatic heterocycles. The van der Waals surface area contributed by atoms with Crippen LogP contribution in [0.25, 0.3) is 6.08 Å². The number of rotatable bonds is 5. The highest BCUT2D eigenvalue weighted by Gasteiger charge is 2.25. The minimum atomic E-state index is -3.45. The molecule has 0 N–H and O–H groups in total. The predicted molar refractivity (Wildman–Crippen MR) is 126 cm³/mol. The fraction of sp³-hybridized carbons (Fsp3) is 0.417. The fourth-order valence-corrected chi connectivity index (χ4v) is 5.67. The lowest BCUT2D eigenvalue weighted by Gasteiger charge is -2.34. The Morgan fingerprint density at radius 2 is 1.53 bits per heavy atom. The summed E-state index contributed by atoms with van der Waals surface area (Å²) in [6.45, 7) is 3.97. The highest BCUT2D eigenvalue weighted by Crippen LogP contribution is 2.21. The molecule has 2 saturated heterocycles. The molecule has 1 aromatic carbocycles. The summed E-state index contributed by atoms with van der Waals surface area (Å²) in [5.74, 6) is 0.900. The first-order chi connectivity index (χ1) is 15.5. The van der Waals surface area contributed by atoms with Crippen LogP contribution in [0.15, 0.2) is 59.6 Å². The number of carbonyl (C=O) groups excluding carboxylic acids is 1. The van der Waals surface area contributed by atoms with Gasteiger partial charge in [0.2, 0.25) is 15.9 Å². The predicted octanol–water partition coefficient (Wildman–Crippen LogP) is 3.01. The third-order valence-corrected chi connectivity index (χ3v) is 7.98. The van der Waals surface area contributed by atoms with Gasteiger partial charge in [0.25, 0.3) is 0 Å². The van der Waals surface area contributed by atoms with Crippen LogP contribution in [0, 0.1) is 0 Å². The van der Waals surface area contributed by atoms with Crippen molar-refractivity contribution in [1.29, 1.82) is 0 Å². The molecular weight excluding hydrogens is 424 g/mol. The Morgan fingerprint density at radius 1 is 0.844 bits per heavy atom. The molecule has 0 saturated carbocycles. The van der Waals surface area contributed by atoms with Gasteiger partial charge in [-0.25, -0.2) is 13.4 Å². The van der Waals surface area contributed by atoms with Crippen LogP contribution in [0.1, 0.15) is 31.2 Å². The van der Waals surface area contributed by atoms with Crippen molar-refractivity contribution in [1.82, 2.24) is 14.2 Å². The molecule has 1 amide bonds. The zero-order chi connectivity index (χ0) is 22.4. The smallest absolute Gasteiger partial charge is 0.246 e. The van der Waals surface area contributed by atoms with Gasteiger partial charge in [-0.2, -0.15) is 4.31 Å². The van der Waals surface area contributed by atoms with Crippen LogP contribution < -0.4 is 4.90 Å². The molecule has 32 heavy (non-hydrogen) atoms. The Labute approximate surface area is 190 Å². The van der Waals surface area contributed by atoms with Gasteiger partial charge in [-0.15, -0.1) is 0 Å². The van der Waals surface area contributed by atoms with Crippen LogP contribution in [0.2, 0.25) is 0 Å². The van der Waals surface area contributed by atoms with Gasteiger partial charge in [0.15, 0.2) is 0 Å². The Balaban J connectivity index is 1.33. The lowest BCUT2D eigenvalue weighted by Crippen LogP contribution is -2.48. The van der Waals surface area contributed by atoms with Gasteiger partial charge in [-0.05, 0) is 48.7 Å². The van der Waals surface area contributed by atoms with Gasteiger partial charge < -0.3 is 9.80 Å². The zero-order valence-electron chi connectivity index (χ0n) is 18.3. The number of pyridine rings is 1. The van der Waals surface area contributed by atoms with Crippen molar-refractivity contribution in [3.05, 3.63) is 60.3 Å². The minimum Gasteiger partial charge on any atom is -0.353 e. The molecule has 2 fully saturated rings. The van der Waals surface area contributed by atoms with Crippen LogP contribution >= 0.6 is 0 Å². The van der Waals surface area contributed by atoms with Crippen molar-refractivity contribution in [2.45, 2.75) is 30.6 Å². The Kier molecular flexibility index (Phi) is 7.22. The van der Waals surface area contributed by atoms with Gasteiger partial charge >= 0.3 is 0 Å². The number of carbonyl (C=O) groups is 1. The average molecular weight is 455 g/mol. The highest BCUT2D eigenvalue weighted by molar-refractivity contribution is 7.89. The minimum absolute atomic E-state index is 0.0352. The van der Waals surface area contributed by atoms with E-state index >= 15 is 0 Å². The van der Waals surface area contributed by atoms with Crippen molar-refractivity contribution < 1.29 is 13.2 Å². The third-order valence-electron chi connectivity index (χ3n) is 6.07.